The van der Waals surface area contributed by atoms with Crippen LogP contribution in [-0.2, 0) is 0 Å². The number of H-pyrrole nitrogens is 1. The molecule has 128 valence electrons. The number of aryl methyl sites for hydroxylation is 1. The Balaban J connectivity index is 1.96. The molecule has 0 fully saturated rings. The van der Waals surface area contributed by atoms with Gasteiger partial charge in [0.1, 0.15) is 0 Å². The first kappa shape index (κ1) is 16.6. The normalized spacial score (nSPS) is 10.5. The van der Waals surface area contributed by atoms with Crippen molar-refractivity contribution in [2.45, 2.75) is 6.92 Å². The van der Waals surface area contributed by atoms with Crippen LogP contribution >= 0.6 is 0 Å². The van der Waals surface area contributed by atoms with Gasteiger partial charge in [0, 0.05) is 17.1 Å². The molecule has 0 saturated carbocycles. The van der Waals surface area contributed by atoms with E-state index in [1.54, 1.807) is 36.4 Å². The van der Waals surface area contributed by atoms with Gasteiger partial charge in [-0.25, -0.2) is 0 Å². The molecule has 1 aromatic heterocycles. The van der Waals surface area contributed by atoms with E-state index < -0.39 is 0 Å². The average Bonchev–Trinajstić information content (AvgIpc) is 2.60. The van der Waals surface area contributed by atoms with Crippen LogP contribution in [0.2, 0.25) is 0 Å². The van der Waals surface area contributed by atoms with Crippen molar-refractivity contribution in [3.63, 3.8) is 0 Å². The summed E-state index contributed by atoms with van der Waals surface area (Å²) in [5.41, 5.74) is 2.30. The summed E-state index contributed by atoms with van der Waals surface area (Å²) >= 11 is 0. The molecule has 6 nitrogen and oxygen atoms in total. The van der Waals surface area contributed by atoms with Gasteiger partial charge in [0.15, 0.2) is 11.5 Å². The number of benzene rings is 2. The zero-order chi connectivity index (χ0) is 18.0. The number of hydrogen-bond donors (Lipinski definition) is 2. The molecule has 2 N–H and O–H groups in total. The highest BCUT2D eigenvalue weighted by molar-refractivity contribution is 6.07. The van der Waals surface area contributed by atoms with Crippen molar-refractivity contribution >= 4 is 22.5 Å². The van der Waals surface area contributed by atoms with E-state index >= 15 is 0 Å². The predicted molar refractivity (Wildman–Crippen MR) is 96.8 cm³/mol. The van der Waals surface area contributed by atoms with Crippen molar-refractivity contribution in [2.24, 2.45) is 0 Å². The van der Waals surface area contributed by atoms with Crippen LogP contribution in [0.4, 0.5) is 5.69 Å². The van der Waals surface area contributed by atoms with E-state index in [1.807, 2.05) is 13.0 Å². The minimum atomic E-state index is -0.329. The van der Waals surface area contributed by atoms with Crippen LogP contribution in [0.5, 0.6) is 11.5 Å². The Morgan fingerprint density at radius 2 is 1.88 bits per heavy atom. The molecule has 1 amide bonds. The molecule has 6 heteroatoms. The Hall–Kier alpha value is -3.28. The predicted octanol–water partition coefficient (Wildman–Crippen LogP) is 3.11. The zero-order valence-corrected chi connectivity index (χ0v) is 14.2. The lowest BCUT2D eigenvalue weighted by Crippen LogP contribution is -2.14. The standard InChI is InChI=1S/C19H18N2O4/c1-11-9-17(22)21-15-10-12(7-8-13(11)15)20-19(23)14-5-4-6-16(24-2)18(14)25-3/h4-10H,1-3H3,(H,20,23)(H,21,22). The highest BCUT2D eigenvalue weighted by Gasteiger charge is 2.16. The van der Waals surface area contributed by atoms with Crippen LogP contribution in [0.3, 0.4) is 0 Å². The fourth-order valence-corrected chi connectivity index (χ4v) is 2.78. The Labute approximate surface area is 144 Å². The lowest BCUT2D eigenvalue weighted by atomic mass is 10.1. The van der Waals surface area contributed by atoms with Gasteiger partial charge >= 0.3 is 0 Å². The van der Waals surface area contributed by atoms with Gasteiger partial charge in [0.05, 0.1) is 25.3 Å². The first-order chi connectivity index (χ1) is 12.0. The van der Waals surface area contributed by atoms with E-state index in [-0.39, 0.29) is 11.5 Å². The van der Waals surface area contributed by atoms with Crippen LogP contribution in [0.25, 0.3) is 10.9 Å². The molecule has 0 saturated heterocycles. The Kier molecular flexibility index (Phi) is 4.43. The Morgan fingerprint density at radius 3 is 2.60 bits per heavy atom. The van der Waals surface area contributed by atoms with Crippen molar-refractivity contribution in [3.05, 3.63) is 63.9 Å². The molecule has 0 aliphatic heterocycles. The largest absolute Gasteiger partial charge is 0.493 e. The van der Waals surface area contributed by atoms with Crippen LogP contribution in [-0.4, -0.2) is 25.1 Å². The highest BCUT2D eigenvalue weighted by Crippen LogP contribution is 2.31. The number of hydrogen-bond acceptors (Lipinski definition) is 4. The lowest BCUT2D eigenvalue weighted by molar-refractivity contribution is 0.102. The topological polar surface area (TPSA) is 80.4 Å². The summed E-state index contributed by atoms with van der Waals surface area (Å²) in [5.74, 6) is 0.520. The van der Waals surface area contributed by atoms with Crippen molar-refractivity contribution in [2.75, 3.05) is 19.5 Å². The average molecular weight is 338 g/mol. The Morgan fingerprint density at radius 1 is 1.08 bits per heavy atom. The SMILES string of the molecule is COc1cccc(C(=O)Nc2ccc3c(C)cc(=O)[nH]c3c2)c1OC. The summed E-state index contributed by atoms with van der Waals surface area (Å²) in [6.07, 6.45) is 0. The second kappa shape index (κ2) is 6.68. The zero-order valence-electron chi connectivity index (χ0n) is 14.2. The number of aromatic amines is 1. The fraction of sp³-hybridized carbons (Fsp3) is 0.158. The summed E-state index contributed by atoms with van der Waals surface area (Å²) in [7, 11) is 3.00. The number of methoxy groups -OCH3 is 2. The minimum Gasteiger partial charge on any atom is -0.493 e. The van der Waals surface area contributed by atoms with E-state index in [2.05, 4.69) is 10.3 Å². The number of carbonyl (C=O) groups excluding carboxylic acids is 1. The molecule has 3 aromatic rings. The summed E-state index contributed by atoms with van der Waals surface area (Å²) in [4.78, 5) is 27.0. The minimum absolute atomic E-state index is 0.178. The van der Waals surface area contributed by atoms with Crippen LogP contribution in [0.15, 0.2) is 47.3 Å². The monoisotopic (exact) mass is 338 g/mol. The molecule has 0 aliphatic rings. The van der Waals surface area contributed by atoms with Gasteiger partial charge in [-0.2, -0.15) is 0 Å². The van der Waals surface area contributed by atoms with Crippen molar-refractivity contribution in [1.82, 2.24) is 4.98 Å². The van der Waals surface area contributed by atoms with E-state index in [4.69, 9.17) is 9.47 Å². The number of carbonyl (C=O) groups is 1. The highest BCUT2D eigenvalue weighted by atomic mass is 16.5. The second-order valence-corrected chi connectivity index (χ2v) is 5.57. The second-order valence-electron chi connectivity index (χ2n) is 5.57. The third-order valence-corrected chi connectivity index (χ3v) is 3.96. The van der Waals surface area contributed by atoms with Crippen molar-refractivity contribution in [1.29, 1.82) is 0 Å². The summed E-state index contributed by atoms with van der Waals surface area (Å²) in [5, 5.41) is 3.75. The van der Waals surface area contributed by atoms with Gasteiger partial charge in [-0.3, -0.25) is 9.59 Å². The molecular formula is C19H18N2O4. The molecular weight excluding hydrogens is 320 g/mol. The van der Waals surface area contributed by atoms with Crippen molar-refractivity contribution in [3.8, 4) is 11.5 Å². The number of ether oxygens (including phenoxy) is 2. The molecule has 3 rings (SSSR count). The molecule has 0 aliphatic carbocycles. The maximum absolute atomic E-state index is 12.6. The van der Waals surface area contributed by atoms with E-state index in [9.17, 15) is 9.59 Å². The van der Waals surface area contributed by atoms with Crippen LogP contribution in [0.1, 0.15) is 15.9 Å². The molecule has 1 heterocycles. The first-order valence-electron chi connectivity index (χ1n) is 7.69. The molecule has 0 unspecified atom stereocenters. The molecule has 0 atom stereocenters. The van der Waals surface area contributed by atoms with Gasteiger partial charge in [0.25, 0.3) is 5.91 Å². The third-order valence-electron chi connectivity index (χ3n) is 3.96. The lowest BCUT2D eigenvalue weighted by Gasteiger charge is -2.13. The number of anilines is 1. The molecule has 0 spiro atoms. The van der Waals surface area contributed by atoms with Crippen LogP contribution in [0, 0.1) is 6.92 Å². The molecule has 25 heavy (non-hydrogen) atoms. The van der Waals surface area contributed by atoms with Crippen molar-refractivity contribution < 1.29 is 14.3 Å². The summed E-state index contributed by atoms with van der Waals surface area (Å²) in [6.45, 7) is 1.87. The first-order valence-corrected chi connectivity index (χ1v) is 7.69. The maximum Gasteiger partial charge on any atom is 0.259 e. The third kappa shape index (κ3) is 3.19. The number of para-hydroxylation sites is 1. The summed E-state index contributed by atoms with van der Waals surface area (Å²) < 4.78 is 10.5. The molecule has 2 aromatic carbocycles. The van der Waals surface area contributed by atoms with Gasteiger partial charge < -0.3 is 19.8 Å². The smallest absolute Gasteiger partial charge is 0.259 e. The van der Waals surface area contributed by atoms with E-state index in [0.29, 0.717) is 28.3 Å². The number of pyridine rings is 1. The van der Waals surface area contributed by atoms with Gasteiger partial charge in [-0.15, -0.1) is 0 Å². The Bertz CT molecular complexity index is 1010. The van der Waals surface area contributed by atoms with E-state index in [1.165, 1.54) is 14.2 Å². The quantitative estimate of drug-likeness (QED) is 0.766. The number of aromatic nitrogens is 1. The van der Waals surface area contributed by atoms with Crippen LogP contribution < -0.4 is 20.3 Å². The molecule has 0 bridgehead atoms. The summed E-state index contributed by atoms with van der Waals surface area (Å²) in [6, 6.07) is 12.0. The van der Waals surface area contributed by atoms with E-state index in [0.717, 1.165) is 10.9 Å². The van der Waals surface area contributed by atoms with Gasteiger partial charge in [-0.1, -0.05) is 12.1 Å². The number of nitrogens with one attached hydrogen (secondary N) is 2. The molecule has 0 radical (unpaired) electrons. The maximum atomic E-state index is 12.6. The van der Waals surface area contributed by atoms with Gasteiger partial charge in [0.2, 0.25) is 5.56 Å². The fourth-order valence-electron chi connectivity index (χ4n) is 2.78. The number of amides is 1. The number of rotatable bonds is 4. The number of fused-ring (bicyclic) bond motifs is 1. The van der Waals surface area contributed by atoms with Gasteiger partial charge in [-0.05, 0) is 36.8 Å².